The smallest absolute Gasteiger partial charge is 0.429 e. The third-order valence-electron chi connectivity index (χ3n) is 7.57. The summed E-state index contributed by atoms with van der Waals surface area (Å²) in [5.74, 6) is -1.19. The Morgan fingerprint density at radius 3 is 2.16 bits per heavy atom. The molecule has 0 saturated carbocycles. The number of hydrogen-bond acceptors (Lipinski definition) is 9. The van der Waals surface area contributed by atoms with E-state index in [0.29, 0.717) is 5.69 Å². The SMILES string of the molecule is CC(C)C[C@H](NC(=O)c1ccc(NC(=O)OC(C)(C)C)cc1)C(=O)NN(C[C@@H]1C2OC2CN1C(=O)OCc1ccccc1)C(=O)OC(C)(C)C. The van der Waals surface area contributed by atoms with E-state index in [1.54, 1.807) is 53.7 Å². The molecule has 4 rings (SSSR count). The maximum atomic E-state index is 13.8. The van der Waals surface area contributed by atoms with E-state index in [4.69, 9.17) is 18.9 Å². The van der Waals surface area contributed by atoms with Crippen LogP contribution < -0.4 is 16.1 Å². The highest BCUT2D eigenvalue weighted by Gasteiger charge is 2.57. The number of morpholine rings is 1. The molecule has 0 aliphatic carbocycles. The first-order chi connectivity index (χ1) is 23.4. The topological polar surface area (TPSA) is 168 Å². The molecule has 14 heteroatoms. The zero-order valence-corrected chi connectivity index (χ0v) is 30.0. The summed E-state index contributed by atoms with van der Waals surface area (Å²) < 4.78 is 22.2. The lowest BCUT2D eigenvalue weighted by atomic mass is 10.0. The second kappa shape index (κ2) is 15.8. The molecular formula is C36H49N5O9. The third-order valence-corrected chi connectivity index (χ3v) is 7.57. The molecule has 2 heterocycles. The van der Waals surface area contributed by atoms with Gasteiger partial charge in [-0.15, -0.1) is 0 Å². The van der Waals surface area contributed by atoms with E-state index >= 15 is 0 Å². The highest BCUT2D eigenvalue weighted by molar-refractivity contribution is 5.98. The lowest BCUT2D eigenvalue weighted by molar-refractivity contribution is -0.128. The van der Waals surface area contributed by atoms with Crippen LogP contribution in [0.25, 0.3) is 0 Å². The van der Waals surface area contributed by atoms with E-state index < -0.39 is 53.4 Å². The highest BCUT2D eigenvalue weighted by Crippen LogP contribution is 2.37. The van der Waals surface area contributed by atoms with Gasteiger partial charge in [0.15, 0.2) is 0 Å². The van der Waals surface area contributed by atoms with Crippen molar-refractivity contribution in [1.29, 1.82) is 0 Å². The standard InChI is InChI=1S/C36H49N5O9/c1-22(2)18-26(38-30(42)24-14-16-25(17-15-24)37-32(44)49-35(3,4)5)31(43)39-41(34(46)50-36(6,7)8)19-27-29-28(48-29)20-40(27)33(45)47-21-23-12-10-9-11-13-23/h9-17,22,26-29H,18-21H2,1-8H3,(H,37,44)(H,38,42)(H,39,43)/t26-,27+,28?,29?/m0/s1. The Morgan fingerprint density at radius 2 is 1.56 bits per heavy atom. The van der Waals surface area contributed by atoms with Gasteiger partial charge in [0, 0.05) is 11.3 Å². The minimum atomic E-state index is -1.03. The van der Waals surface area contributed by atoms with Gasteiger partial charge >= 0.3 is 18.3 Å². The molecule has 2 aliphatic rings. The molecule has 3 N–H and O–H groups in total. The predicted molar refractivity (Wildman–Crippen MR) is 184 cm³/mol. The summed E-state index contributed by atoms with van der Waals surface area (Å²) in [6.07, 6.45) is -2.34. The Hall–Kier alpha value is -4.85. The molecule has 2 unspecified atom stereocenters. The Morgan fingerprint density at radius 1 is 0.920 bits per heavy atom. The number of nitrogens with one attached hydrogen (secondary N) is 3. The van der Waals surface area contributed by atoms with Gasteiger partial charge in [-0.2, -0.15) is 0 Å². The zero-order valence-electron chi connectivity index (χ0n) is 30.0. The van der Waals surface area contributed by atoms with Gasteiger partial charge in [0.25, 0.3) is 11.8 Å². The Kier molecular flexibility index (Phi) is 12.0. The number of benzene rings is 2. The molecule has 2 fully saturated rings. The Labute approximate surface area is 293 Å². The summed E-state index contributed by atoms with van der Waals surface area (Å²) in [6, 6.07) is 13.7. The van der Waals surface area contributed by atoms with Crippen molar-refractivity contribution in [2.75, 3.05) is 18.4 Å². The third kappa shape index (κ3) is 11.4. The summed E-state index contributed by atoms with van der Waals surface area (Å²) >= 11 is 0. The fourth-order valence-electron chi connectivity index (χ4n) is 5.31. The second-order valence-electron chi connectivity index (χ2n) is 14.8. The monoisotopic (exact) mass is 695 g/mol. The summed E-state index contributed by atoms with van der Waals surface area (Å²) in [5.41, 5.74) is 2.58. The molecule has 4 atom stereocenters. The van der Waals surface area contributed by atoms with Crippen molar-refractivity contribution < 1.29 is 42.9 Å². The molecule has 14 nitrogen and oxygen atoms in total. The van der Waals surface area contributed by atoms with Crippen molar-refractivity contribution in [3.63, 3.8) is 0 Å². The van der Waals surface area contributed by atoms with Crippen LogP contribution in [0.4, 0.5) is 20.1 Å². The van der Waals surface area contributed by atoms with Crippen molar-refractivity contribution in [3.05, 3.63) is 65.7 Å². The van der Waals surface area contributed by atoms with E-state index in [1.165, 1.54) is 17.0 Å². The number of carbonyl (C=O) groups excluding carboxylic acids is 5. The van der Waals surface area contributed by atoms with Crippen LogP contribution in [0.2, 0.25) is 0 Å². The molecule has 2 saturated heterocycles. The number of hydrogen-bond donors (Lipinski definition) is 3. The van der Waals surface area contributed by atoms with E-state index in [-0.39, 0.29) is 49.8 Å². The number of anilines is 1. The van der Waals surface area contributed by atoms with Gasteiger partial charge in [-0.05, 0) is 83.7 Å². The summed E-state index contributed by atoms with van der Waals surface area (Å²) in [6.45, 7) is 14.4. The second-order valence-corrected chi connectivity index (χ2v) is 14.8. The minimum absolute atomic E-state index is 0.00763. The van der Waals surface area contributed by atoms with Gasteiger partial charge in [-0.3, -0.25) is 25.2 Å². The first-order valence-corrected chi connectivity index (χ1v) is 16.7. The maximum Gasteiger partial charge on any atom is 0.429 e. The Bertz CT molecular complexity index is 1520. The first kappa shape index (κ1) is 38.0. The van der Waals surface area contributed by atoms with Crippen LogP contribution in [-0.4, -0.2) is 88.6 Å². The number of amides is 5. The molecule has 0 aromatic heterocycles. The number of fused-ring (bicyclic) bond motifs is 1. The van der Waals surface area contributed by atoms with Gasteiger partial charge in [-0.25, -0.2) is 19.4 Å². The number of epoxide rings is 1. The molecule has 2 aromatic rings. The lowest BCUT2D eigenvalue weighted by Crippen LogP contribution is -2.59. The van der Waals surface area contributed by atoms with E-state index in [2.05, 4.69) is 16.1 Å². The molecule has 272 valence electrons. The van der Waals surface area contributed by atoms with Crippen LogP contribution >= 0.6 is 0 Å². The Balaban J connectivity index is 1.45. The fourth-order valence-corrected chi connectivity index (χ4v) is 5.31. The first-order valence-electron chi connectivity index (χ1n) is 16.7. The highest BCUT2D eigenvalue weighted by atomic mass is 16.6. The van der Waals surface area contributed by atoms with Crippen molar-refractivity contribution in [2.24, 2.45) is 5.92 Å². The number of carbonyl (C=O) groups is 5. The van der Waals surface area contributed by atoms with Crippen molar-refractivity contribution in [1.82, 2.24) is 20.7 Å². The van der Waals surface area contributed by atoms with Gasteiger partial charge in [0.2, 0.25) is 0 Å². The van der Waals surface area contributed by atoms with Crippen LogP contribution in [0.3, 0.4) is 0 Å². The van der Waals surface area contributed by atoms with Crippen LogP contribution in [0.5, 0.6) is 0 Å². The van der Waals surface area contributed by atoms with Crippen LogP contribution in [-0.2, 0) is 30.3 Å². The maximum absolute atomic E-state index is 13.8. The quantitative estimate of drug-likeness (QED) is 0.171. The number of rotatable bonds is 10. The predicted octanol–water partition coefficient (Wildman–Crippen LogP) is 5.23. The van der Waals surface area contributed by atoms with Gasteiger partial charge < -0.3 is 24.3 Å². The molecule has 2 aliphatic heterocycles. The molecule has 50 heavy (non-hydrogen) atoms. The summed E-state index contributed by atoms with van der Waals surface area (Å²) in [7, 11) is 0. The van der Waals surface area contributed by atoms with Crippen molar-refractivity contribution in [3.8, 4) is 0 Å². The van der Waals surface area contributed by atoms with E-state index in [1.807, 2.05) is 44.2 Å². The molecule has 0 bridgehead atoms. The van der Waals surface area contributed by atoms with Crippen molar-refractivity contribution >= 4 is 35.8 Å². The van der Waals surface area contributed by atoms with Crippen LogP contribution in [0.1, 0.15) is 77.7 Å². The lowest BCUT2D eigenvalue weighted by Gasteiger charge is -2.33. The van der Waals surface area contributed by atoms with Gasteiger partial charge in [0.1, 0.15) is 36.1 Å². The van der Waals surface area contributed by atoms with E-state index in [0.717, 1.165) is 10.6 Å². The molecule has 5 amide bonds. The van der Waals surface area contributed by atoms with Crippen LogP contribution in [0, 0.1) is 5.92 Å². The molecule has 0 radical (unpaired) electrons. The number of ether oxygens (including phenoxy) is 4. The minimum Gasteiger partial charge on any atom is -0.445 e. The number of nitrogens with zero attached hydrogens (tertiary/aromatic N) is 2. The normalized spacial score (nSPS) is 18.7. The van der Waals surface area contributed by atoms with Gasteiger partial charge in [-0.1, -0.05) is 44.2 Å². The molecule has 0 spiro atoms. The fraction of sp³-hybridized carbons (Fsp3) is 0.528. The molecular weight excluding hydrogens is 646 g/mol. The van der Waals surface area contributed by atoms with Crippen molar-refractivity contribution in [2.45, 2.75) is 104 Å². The number of likely N-dealkylation sites (tertiary alicyclic amines) is 1. The average molecular weight is 696 g/mol. The van der Waals surface area contributed by atoms with Crippen LogP contribution in [0.15, 0.2) is 54.6 Å². The van der Waals surface area contributed by atoms with E-state index in [9.17, 15) is 24.0 Å². The molecule has 2 aromatic carbocycles. The summed E-state index contributed by atoms with van der Waals surface area (Å²) in [4.78, 5) is 67.3. The zero-order chi connectivity index (χ0) is 36.8. The number of hydrazine groups is 1. The summed E-state index contributed by atoms with van der Waals surface area (Å²) in [5, 5.41) is 6.40. The largest absolute Gasteiger partial charge is 0.445 e. The van der Waals surface area contributed by atoms with Gasteiger partial charge in [0.05, 0.1) is 19.1 Å². The average Bonchev–Trinajstić information content (AvgIpc) is 3.70.